The molecule has 0 radical (unpaired) electrons. The highest BCUT2D eigenvalue weighted by Crippen LogP contribution is 2.25. The molecule has 0 fully saturated rings. The van der Waals surface area contributed by atoms with Crippen LogP contribution in [0.15, 0.2) is 55.0 Å². The minimum Gasteiger partial charge on any atom is -0.303 e. The summed E-state index contributed by atoms with van der Waals surface area (Å²) in [5, 5.41) is 4.72. The van der Waals surface area contributed by atoms with Gasteiger partial charge in [-0.25, -0.2) is 9.50 Å². The number of hydrogen-bond donors (Lipinski definition) is 0. The number of hydrogen-bond acceptors (Lipinski definition) is 2. The Morgan fingerprint density at radius 3 is 2.68 bits per heavy atom. The quantitative estimate of drug-likeness (QED) is 0.548. The van der Waals surface area contributed by atoms with E-state index in [4.69, 9.17) is 5.10 Å². The lowest BCUT2D eigenvalue weighted by Crippen LogP contribution is -2.16. The van der Waals surface area contributed by atoms with Gasteiger partial charge >= 0.3 is 0 Å². The van der Waals surface area contributed by atoms with E-state index in [9.17, 15) is 0 Å². The van der Waals surface area contributed by atoms with Gasteiger partial charge in [0.25, 0.3) is 0 Å². The molecule has 4 aromatic heterocycles. The molecule has 0 amide bonds. The van der Waals surface area contributed by atoms with Crippen LogP contribution in [0.5, 0.6) is 0 Å². The van der Waals surface area contributed by atoms with Gasteiger partial charge in [0.05, 0.1) is 22.9 Å². The van der Waals surface area contributed by atoms with Gasteiger partial charge in [-0.15, -0.1) is 0 Å². The van der Waals surface area contributed by atoms with Crippen LogP contribution < -0.4 is 0 Å². The molecule has 25 heavy (non-hydrogen) atoms. The first-order valence-electron chi connectivity index (χ1n) is 8.82. The molecule has 4 heteroatoms. The van der Waals surface area contributed by atoms with Crippen molar-refractivity contribution in [3.8, 4) is 0 Å². The van der Waals surface area contributed by atoms with Gasteiger partial charge in [-0.05, 0) is 36.2 Å². The van der Waals surface area contributed by atoms with E-state index in [0.717, 1.165) is 29.0 Å². The van der Waals surface area contributed by atoms with E-state index in [1.807, 2.05) is 29.0 Å². The van der Waals surface area contributed by atoms with Crippen LogP contribution in [0.2, 0.25) is 0 Å². The molecular weight excluding hydrogens is 308 g/mol. The van der Waals surface area contributed by atoms with E-state index in [0.29, 0.717) is 5.92 Å². The van der Waals surface area contributed by atoms with Crippen molar-refractivity contribution in [2.24, 2.45) is 0 Å². The zero-order valence-corrected chi connectivity index (χ0v) is 15.3. The SMILES string of the molecule is CC(Cc1ccc2cnc(C(C)(C)C)n2c1)c1cc2ccccn2n1. The van der Waals surface area contributed by atoms with Crippen molar-refractivity contribution in [2.75, 3.05) is 0 Å². The first-order valence-corrected chi connectivity index (χ1v) is 8.82. The lowest BCUT2D eigenvalue weighted by atomic mass is 9.95. The van der Waals surface area contributed by atoms with Gasteiger partial charge < -0.3 is 4.40 Å². The van der Waals surface area contributed by atoms with Crippen LogP contribution in [-0.4, -0.2) is 19.0 Å². The third-order valence-electron chi connectivity index (χ3n) is 4.70. The maximum absolute atomic E-state index is 4.72. The second-order valence-corrected chi connectivity index (χ2v) is 7.91. The lowest BCUT2D eigenvalue weighted by molar-refractivity contribution is 0.542. The molecule has 4 rings (SSSR count). The van der Waals surface area contributed by atoms with Crippen molar-refractivity contribution < 1.29 is 0 Å². The van der Waals surface area contributed by atoms with E-state index in [1.54, 1.807) is 0 Å². The summed E-state index contributed by atoms with van der Waals surface area (Å²) in [6, 6.07) is 12.7. The van der Waals surface area contributed by atoms with Crippen LogP contribution in [0, 0.1) is 0 Å². The monoisotopic (exact) mass is 332 g/mol. The summed E-state index contributed by atoms with van der Waals surface area (Å²) < 4.78 is 4.17. The Morgan fingerprint density at radius 1 is 1.08 bits per heavy atom. The minimum atomic E-state index is 0.0260. The Bertz CT molecular complexity index is 1000. The Balaban J connectivity index is 1.65. The molecule has 4 heterocycles. The second-order valence-electron chi connectivity index (χ2n) is 7.91. The Labute approximate surface area is 148 Å². The first-order chi connectivity index (χ1) is 11.9. The van der Waals surface area contributed by atoms with Gasteiger partial charge in [-0.3, -0.25) is 0 Å². The van der Waals surface area contributed by atoms with Crippen LogP contribution in [0.25, 0.3) is 11.0 Å². The first kappa shape index (κ1) is 15.9. The van der Waals surface area contributed by atoms with E-state index < -0.39 is 0 Å². The average molecular weight is 332 g/mol. The normalized spacial score (nSPS) is 13.6. The van der Waals surface area contributed by atoms with Crippen LogP contribution in [0.1, 0.15) is 50.7 Å². The van der Waals surface area contributed by atoms with Crippen LogP contribution in [0.3, 0.4) is 0 Å². The molecule has 1 unspecified atom stereocenters. The molecule has 4 aromatic rings. The predicted molar refractivity (Wildman–Crippen MR) is 101 cm³/mol. The fourth-order valence-electron chi connectivity index (χ4n) is 3.37. The lowest BCUT2D eigenvalue weighted by Gasteiger charge is -2.17. The highest BCUT2D eigenvalue weighted by Gasteiger charge is 2.20. The van der Waals surface area contributed by atoms with Crippen LogP contribution in [0.4, 0.5) is 0 Å². The van der Waals surface area contributed by atoms with Crippen molar-refractivity contribution in [1.29, 1.82) is 0 Å². The van der Waals surface area contributed by atoms with Gasteiger partial charge in [-0.2, -0.15) is 5.10 Å². The predicted octanol–water partition coefficient (Wildman–Crippen LogP) is 4.63. The van der Waals surface area contributed by atoms with E-state index in [2.05, 4.69) is 67.5 Å². The molecule has 0 aliphatic carbocycles. The molecule has 0 aliphatic rings. The molecule has 0 saturated carbocycles. The van der Waals surface area contributed by atoms with Crippen molar-refractivity contribution in [2.45, 2.75) is 45.4 Å². The number of pyridine rings is 2. The van der Waals surface area contributed by atoms with Gasteiger partial charge in [0, 0.05) is 23.7 Å². The van der Waals surface area contributed by atoms with Crippen molar-refractivity contribution >= 4 is 11.0 Å². The molecular formula is C21H24N4. The maximum Gasteiger partial charge on any atom is 0.118 e. The van der Waals surface area contributed by atoms with Crippen molar-refractivity contribution in [1.82, 2.24) is 19.0 Å². The standard InChI is InChI=1S/C21H24N4/c1-15(19-12-17-7-5-6-10-25(17)23-19)11-16-8-9-18-13-22-20(21(2,3)4)24(18)14-16/h5-10,12-15H,11H2,1-4H3. The maximum atomic E-state index is 4.72. The Morgan fingerprint density at radius 2 is 1.92 bits per heavy atom. The number of rotatable bonds is 3. The average Bonchev–Trinajstić information content (AvgIpc) is 3.17. The molecule has 0 aliphatic heterocycles. The fourth-order valence-corrected chi connectivity index (χ4v) is 3.37. The molecule has 0 N–H and O–H groups in total. The topological polar surface area (TPSA) is 34.6 Å². The Hall–Kier alpha value is -2.62. The molecule has 0 bridgehead atoms. The summed E-state index contributed by atoms with van der Waals surface area (Å²) in [4.78, 5) is 4.62. The second kappa shape index (κ2) is 5.73. The van der Waals surface area contributed by atoms with Gasteiger partial charge in [0.1, 0.15) is 5.82 Å². The van der Waals surface area contributed by atoms with Gasteiger partial charge in [0.15, 0.2) is 0 Å². The van der Waals surface area contributed by atoms with E-state index >= 15 is 0 Å². The van der Waals surface area contributed by atoms with E-state index in [1.165, 1.54) is 5.56 Å². The smallest absolute Gasteiger partial charge is 0.118 e. The minimum absolute atomic E-state index is 0.0260. The summed E-state index contributed by atoms with van der Waals surface area (Å²) in [5.41, 5.74) is 4.75. The largest absolute Gasteiger partial charge is 0.303 e. The van der Waals surface area contributed by atoms with Gasteiger partial charge in [0.2, 0.25) is 0 Å². The Kier molecular flexibility index (Phi) is 3.64. The summed E-state index contributed by atoms with van der Waals surface area (Å²) >= 11 is 0. The fraction of sp³-hybridized carbons (Fsp3) is 0.333. The molecule has 4 nitrogen and oxygen atoms in total. The number of aromatic nitrogens is 4. The highest BCUT2D eigenvalue weighted by molar-refractivity contribution is 5.49. The molecule has 0 saturated heterocycles. The van der Waals surface area contributed by atoms with Crippen molar-refractivity contribution in [3.63, 3.8) is 0 Å². The van der Waals surface area contributed by atoms with Crippen LogP contribution in [-0.2, 0) is 11.8 Å². The number of imidazole rings is 1. The summed E-state index contributed by atoms with van der Waals surface area (Å²) in [5.74, 6) is 1.46. The van der Waals surface area contributed by atoms with Crippen molar-refractivity contribution in [3.05, 3.63) is 72.1 Å². The zero-order valence-electron chi connectivity index (χ0n) is 15.3. The molecule has 1 atom stereocenters. The number of nitrogens with zero attached hydrogens (tertiary/aromatic N) is 4. The molecule has 0 aromatic carbocycles. The summed E-state index contributed by atoms with van der Waals surface area (Å²) in [7, 11) is 0. The third-order valence-corrected chi connectivity index (χ3v) is 4.70. The van der Waals surface area contributed by atoms with E-state index in [-0.39, 0.29) is 5.41 Å². The summed E-state index contributed by atoms with van der Waals surface area (Å²) in [6.07, 6.45) is 7.14. The van der Waals surface area contributed by atoms with Crippen LogP contribution >= 0.6 is 0 Å². The highest BCUT2D eigenvalue weighted by atomic mass is 15.2. The number of fused-ring (bicyclic) bond motifs is 2. The van der Waals surface area contributed by atoms with Gasteiger partial charge in [-0.1, -0.05) is 39.8 Å². The molecule has 0 spiro atoms. The molecule has 128 valence electrons. The zero-order chi connectivity index (χ0) is 17.6. The summed E-state index contributed by atoms with van der Waals surface area (Å²) in [6.45, 7) is 8.85. The third kappa shape index (κ3) is 2.93.